The lowest BCUT2D eigenvalue weighted by molar-refractivity contribution is -0.127. The van der Waals surface area contributed by atoms with E-state index in [2.05, 4.69) is 4.72 Å². The average Bonchev–Trinajstić information content (AvgIpc) is 2.77. The van der Waals surface area contributed by atoms with Gasteiger partial charge in [-0.3, -0.25) is 4.79 Å². The number of sulfonamides is 1. The number of hydrogen-bond acceptors (Lipinski definition) is 4. The van der Waals surface area contributed by atoms with Gasteiger partial charge in [-0.15, -0.1) is 0 Å². The maximum atomic E-state index is 13.6. The van der Waals surface area contributed by atoms with Crippen molar-refractivity contribution in [1.29, 1.82) is 0 Å². The predicted molar refractivity (Wildman–Crippen MR) is 76.4 cm³/mol. The van der Waals surface area contributed by atoms with Gasteiger partial charge in [0, 0.05) is 31.2 Å². The van der Waals surface area contributed by atoms with Crippen molar-refractivity contribution in [1.82, 2.24) is 9.62 Å². The molecule has 0 saturated carbocycles. The minimum atomic E-state index is -4.01. The maximum absolute atomic E-state index is 13.6. The van der Waals surface area contributed by atoms with Crippen molar-refractivity contribution in [3.8, 4) is 0 Å². The highest BCUT2D eigenvalue weighted by atomic mass is 32.2. The van der Waals surface area contributed by atoms with Crippen LogP contribution >= 0.6 is 0 Å². The molecule has 0 radical (unpaired) electrons. The Balaban J connectivity index is 2.09. The summed E-state index contributed by atoms with van der Waals surface area (Å²) in [6.07, 6.45) is 1.27. The van der Waals surface area contributed by atoms with Gasteiger partial charge in [-0.05, 0) is 31.5 Å². The molecular weight excluding hydrogens is 297 g/mol. The largest absolute Gasteiger partial charge is 0.399 e. The zero-order chi connectivity index (χ0) is 15.6. The van der Waals surface area contributed by atoms with E-state index in [1.807, 2.05) is 0 Å². The molecule has 1 amide bonds. The number of nitrogens with zero attached hydrogens (tertiary/aromatic N) is 1. The van der Waals surface area contributed by atoms with Gasteiger partial charge in [0.1, 0.15) is 10.7 Å². The summed E-state index contributed by atoms with van der Waals surface area (Å²) >= 11 is 0. The average molecular weight is 315 g/mol. The van der Waals surface area contributed by atoms with Gasteiger partial charge < -0.3 is 10.6 Å². The fraction of sp³-hybridized carbons (Fsp3) is 0.462. The number of likely N-dealkylation sites (tertiary alicyclic amines) is 1. The van der Waals surface area contributed by atoms with Crippen LogP contribution in [-0.4, -0.2) is 38.4 Å². The Labute approximate surface area is 123 Å². The van der Waals surface area contributed by atoms with E-state index in [0.29, 0.717) is 13.0 Å². The van der Waals surface area contributed by atoms with Gasteiger partial charge in [0.15, 0.2) is 0 Å². The second-order valence-corrected chi connectivity index (χ2v) is 6.84. The molecular formula is C13H18FN3O3S. The second kappa shape index (κ2) is 5.98. The van der Waals surface area contributed by atoms with Gasteiger partial charge in [0.2, 0.25) is 15.9 Å². The number of nitrogens with one attached hydrogen (secondary N) is 1. The quantitative estimate of drug-likeness (QED) is 0.782. The molecule has 8 heteroatoms. The Bertz CT molecular complexity index is 648. The van der Waals surface area contributed by atoms with Crippen molar-refractivity contribution in [2.45, 2.75) is 30.7 Å². The number of nitrogens with two attached hydrogens (primary N) is 1. The number of carbonyl (C=O) groups excluding carboxylic acids is 1. The van der Waals surface area contributed by atoms with E-state index in [4.69, 9.17) is 5.73 Å². The van der Waals surface area contributed by atoms with Crippen molar-refractivity contribution in [3.05, 3.63) is 24.0 Å². The highest BCUT2D eigenvalue weighted by Crippen LogP contribution is 2.18. The summed E-state index contributed by atoms with van der Waals surface area (Å²) < 4.78 is 40.3. The van der Waals surface area contributed by atoms with Gasteiger partial charge in [-0.2, -0.15) is 0 Å². The van der Waals surface area contributed by atoms with E-state index in [1.165, 1.54) is 6.07 Å². The normalized spacial score (nSPS) is 17.2. The van der Waals surface area contributed by atoms with E-state index in [0.717, 1.165) is 18.6 Å². The third-order valence-corrected chi connectivity index (χ3v) is 4.87. The van der Waals surface area contributed by atoms with E-state index in [-0.39, 0.29) is 18.1 Å². The lowest BCUT2D eigenvalue weighted by Gasteiger charge is -2.21. The molecule has 116 valence electrons. The Morgan fingerprint density at radius 3 is 2.81 bits per heavy atom. The molecule has 6 nitrogen and oxygen atoms in total. The third kappa shape index (κ3) is 3.70. The summed E-state index contributed by atoms with van der Waals surface area (Å²) in [4.78, 5) is 12.6. The van der Waals surface area contributed by atoms with Crippen molar-refractivity contribution < 1.29 is 17.6 Å². The van der Waals surface area contributed by atoms with E-state index >= 15 is 0 Å². The molecule has 1 atom stereocenters. The molecule has 1 aromatic carbocycles. The smallest absolute Gasteiger partial charge is 0.243 e. The van der Waals surface area contributed by atoms with Crippen molar-refractivity contribution >= 4 is 21.6 Å². The number of benzene rings is 1. The number of rotatable bonds is 5. The summed E-state index contributed by atoms with van der Waals surface area (Å²) in [5, 5.41) is 0. The summed E-state index contributed by atoms with van der Waals surface area (Å²) in [7, 11) is -4.01. The minimum absolute atomic E-state index is 0.0104. The Morgan fingerprint density at radius 1 is 1.48 bits per heavy atom. The molecule has 21 heavy (non-hydrogen) atoms. The topological polar surface area (TPSA) is 92.5 Å². The van der Waals surface area contributed by atoms with Gasteiger partial charge in [-0.1, -0.05) is 0 Å². The van der Waals surface area contributed by atoms with E-state index in [9.17, 15) is 17.6 Å². The van der Waals surface area contributed by atoms with Crippen LogP contribution in [0.1, 0.15) is 19.8 Å². The van der Waals surface area contributed by atoms with Crippen molar-refractivity contribution in [2.75, 3.05) is 18.8 Å². The first-order chi connectivity index (χ1) is 9.79. The molecule has 1 heterocycles. The lowest BCUT2D eigenvalue weighted by Crippen LogP contribution is -2.42. The lowest BCUT2D eigenvalue weighted by atomic mass is 10.3. The highest BCUT2D eigenvalue weighted by Gasteiger charge is 2.26. The van der Waals surface area contributed by atoms with Crippen LogP contribution in [0.15, 0.2) is 23.1 Å². The number of nitrogen functional groups attached to an aromatic ring is 1. The van der Waals surface area contributed by atoms with Gasteiger partial charge >= 0.3 is 0 Å². The zero-order valence-corrected chi connectivity index (χ0v) is 12.5. The molecule has 2 rings (SSSR count). The first-order valence-corrected chi connectivity index (χ1v) is 8.13. The Morgan fingerprint density at radius 2 is 2.19 bits per heavy atom. The van der Waals surface area contributed by atoms with Crippen LogP contribution in [0.25, 0.3) is 0 Å². The third-order valence-electron chi connectivity index (χ3n) is 3.27. The minimum Gasteiger partial charge on any atom is -0.399 e. The Hall–Kier alpha value is -1.67. The monoisotopic (exact) mass is 315 g/mol. The summed E-state index contributed by atoms with van der Waals surface area (Å²) in [5.41, 5.74) is 5.66. The highest BCUT2D eigenvalue weighted by molar-refractivity contribution is 7.89. The molecule has 0 spiro atoms. The van der Waals surface area contributed by atoms with Gasteiger partial charge in [0.25, 0.3) is 0 Å². The predicted octanol–water partition coefficient (Wildman–Crippen LogP) is 0.697. The first-order valence-electron chi connectivity index (χ1n) is 6.65. The van der Waals surface area contributed by atoms with E-state index in [1.54, 1.807) is 11.8 Å². The molecule has 1 saturated heterocycles. The summed E-state index contributed by atoms with van der Waals surface area (Å²) in [6, 6.07) is 2.86. The van der Waals surface area contributed by atoms with Crippen LogP contribution < -0.4 is 10.5 Å². The summed E-state index contributed by atoms with van der Waals surface area (Å²) in [5.74, 6) is -0.850. The fourth-order valence-corrected chi connectivity index (χ4v) is 3.67. The van der Waals surface area contributed by atoms with Crippen LogP contribution in [0, 0.1) is 5.82 Å². The van der Waals surface area contributed by atoms with E-state index < -0.39 is 26.8 Å². The van der Waals surface area contributed by atoms with Gasteiger partial charge in [0.05, 0.1) is 0 Å². The van der Waals surface area contributed by atoms with Crippen molar-refractivity contribution in [3.63, 3.8) is 0 Å². The number of amides is 1. The van der Waals surface area contributed by atoms with Crippen LogP contribution in [0.3, 0.4) is 0 Å². The molecule has 3 N–H and O–H groups in total. The molecule has 0 bridgehead atoms. The summed E-state index contributed by atoms with van der Waals surface area (Å²) in [6.45, 7) is 2.52. The second-order valence-electron chi connectivity index (χ2n) is 5.16. The number of halogens is 1. The maximum Gasteiger partial charge on any atom is 0.243 e. The Kier molecular flexibility index (Phi) is 4.48. The molecule has 0 aliphatic carbocycles. The molecule has 1 aliphatic heterocycles. The SMILES string of the molecule is CC(CN1CCCC1=O)NS(=O)(=O)c1cc(N)ccc1F. The van der Waals surface area contributed by atoms with Gasteiger partial charge in [-0.25, -0.2) is 17.5 Å². The number of carbonyl (C=O) groups is 1. The molecule has 1 aromatic rings. The van der Waals surface area contributed by atoms with Crippen LogP contribution in [0.4, 0.5) is 10.1 Å². The first kappa shape index (κ1) is 15.7. The number of anilines is 1. The van der Waals surface area contributed by atoms with Crippen LogP contribution in [-0.2, 0) is 14.8 Å². The van der Waals surface area contributed by atoms with Crippen LogP contribution in [0.5, 0.6) is 0 Å². The number of hydrogen-bond donors (Lipinski definition) is 2. The van der Waals surface area contributed by atoms with Crippen molar-refractivity contribution in [2.24, 2.45) is 0 Å². The molecule has 1 unspecified atom stereocenters. The van der Waals surface area contributed by atoms with Crippen LogP contribution in [0.2, 0.25) is 0 Å². The fourth-order valence-electron chi connectivity index (χ4n) is 2.32. The molecule has 0 aromatic heterocycles. The molecule has 1 aliphatic rings. The zero-order valence-electron chi connectivity index (χ0n) is 11.7. The molecule has 1 fully saturated rings. The standard InChI is InChI=1S/C13H18FN3O3S/c1-9(8-17-6-2-3-13(17)18)16-21(19,20)12-7-10(15)4-5-11(12)14/h4-5,7,9,16H,2-3,6,8,15H2,1H3.